The molecule has 2 aromatic rings. The van der Waals surface area contributed by atoms with E-state index in [9.17, 15) is 17.6 Å². The molecule has 1 aliphatic rings. The highest BCUT2D eigenvalue weighted by atomic mass is 32.2. The first-order valence-corrected chi connectivity index (χ1v) is 10.2. The van der Waals surface area contributed by atoms with Gasteiger partial charge >= 0.3 is 0 Å². The van der Waals surface area contributed by atoms with Crippen LogP contribution in [0.3, 0.4) is 0 Å². The maximum atomic E-state index is 13.3. The minimum Gasteiger partial charge on any atom is -0.350 e. The number of sulfonamides is 1. The lowest BCUT2D eigenvalue weighted by atomic mass is 10.2. The third-order valence-corrected chi connectivity index (χ3v) is 5.89. The summed E-state index contributed by atoms with van der Waals surface area (Å²) in [6.45, 7) is 3.04. The van der Waals surface area contributed by atoms with E-state index >= 15 is 0 Å². The summed E-state index contributed by atoms with van der Waals surface area (Å²) in [6, 6.07) is 10.1. The number of carbonyl (C=O) groups is 1. The van der Waals surface area contributed by atoms with E-state index in [2.05, 4.69) is 15.4 Å². The predicted octanol–water partition coefficient (Wildman–Crippen LogP) is 2.42. The summed E-state index contributed by atoms with van der Waals surface area (Å²) in [5.74, 6) is -0.663. The Kier molecular flexibility index (Phi) is 5.76. The molecule has 2 aromatic carbocycles. The molecule has 8 heteroatoms. The Morgan fingerprint density at radius 3 is 2.59 bits per heavy atom. The molecule has 1 aliphatic heterocycles. The minimum absolute atomic E-state index is 0.0210. The van der Waals surface area contributed by atoms with Gasteiger partial charge in [-0.1, -0.05) is 0 Å². The Morgan fingerprint density at radius 1 is 1.22 bits per heavy atom. The van der Waals surface area contributed by atoms with Crippen molar-refractivity contribution in [2.24, 2.45) is 0 Å². The van der Waals surface area contributed by atoms with Gasteiger partial charge in [-0.05, 0) is 74.3 Å². The van der Waals surface area contributed by atoms with E-state index < -0.39 is 15.8 Å². The van der Waals surface area contributed by atoms with Gasteiger partial charge in [-0.25, -0.2) is 12.8 Å². The molecule has 0 saturated carbocycles. The van der Waals surface area contributed by atoms with Crippen molar-refractivity contribution >= 4 is 21.6 Å². The zero-order chi connectivity index (χ0) is 19.4. The number of rotatable bonds is 6. The smallest absolute Gasteiger partial charge is 0.261 e. The third-order valence-electron chi connectivity index (χ3n) is 4.51. The molecule has 0 bridgehead atoms. The van der Waals surface area contributed by atoms with Crippen LogP contribution in [0.2, 0.25) is 0 Å². The Hall–Kier alpha value is -2.45. The van der Waals surface area contributed by atoms with Crippen LogP contribution in [0.1, 0.15) is 28.8 Å². The molecule has 27 heavy (non-hydrogen) atoms. The number of hydrogen-bond donors (Lipinski definition) is 3. The SMILES string of the molecule is Cc1cc(S(=O)(=O)Nc2ccc(C(=O)NCC3CCCN3)cc2)ccc1F. The van der Waals surface area contributed by atoms with Gasteiger partial charge in [-0.3, -0.25) is 9.52 Å². The first kappa shape index (κ1) is 19.3. The Labute approximate surface area is 158 Å². The highest BCUT2D eigenvalue weighted by Crippen LogP contribution is 2.19. The van der Waals surface area contributed by atoms with E-state index in [1.165, 1.54) is 31.2 Å². The largest absolute Gasteiger partial charge is 0.350 e. The Bertz CT molecular complexity index is 924. The van der Waals surface area contributed by atoms with Gasteiger partial charge in [0.25, 0.3) is 15.9 Å². The first-order chi connectivity index (χ1) is 12.8. The fraction of sp³-hybridized carbons (Fsp3) is 0.316. The van der Waals surface area contributed by atoms with Crippen LogP contribution in [-0.2, 0) is 10.0 Å². The molecular formula is C19H22FN3O3S. The lowest BCUT2D eigenvalue weighted by Gasteiger charge is -2.12. The van der Waals surface area contributed by atoms with Crippen molar-refractivity contribution in [1.29, 1.82) is 0 Å². The second-order valence-electron chi connectivity index (χ2n) is 6.60. The van der Waals surface area contributed by atoms with Crippen molar-refractivity contribution in [3.63, 3.8) is 0 Å². The summed E-state index contributed by atoms with van der Waals surface area (Å²) >= 11 is 0. The molecule has 3 N–H and O–H groups in total. The Morgan fingerprint density at radius 2 is 1.96 bits per heavy atom. The molecule has 144 valence electrons. The van der Waals surface area contributed by atoms with Crippen molar-refractivity contribution < 1.29 is 17.6 Å². The number of aryl methyl sites for hydroxylation is 1. The molecule has 0 aliphatic carbocycles. The molecular weight excluding hydrogens is 369 g/mol. The topological polar surface area (TPSA) is 87.3 Å². The second kappa shape index (κ2) is 8.06. The lowest BCUT2D eigenvalue weighted by Crippen LogP contribution is -2.37. The molecule has 0 radical (unpaired) electrons. The maximum absolute atomic E-state index is 13.3. The van der Waals surface area contributed by atoms with E-state index in [0.717, 1.165) is 25.5 Å². The number of benzene rings is 2. The molecule has 1 atom stereocenters. The summed E-state index contributed by atoms with van der Waals surface area (Å²) in [5.41, 5.74) is 1.03. The van der Waals surface area contributed by atoms with E-state index in [4.69, 9.17) is 0 Å². The minimum atomic E-state index is -3.83. The predicted molar refractivity (Wildman–Crippen MR) is 102 cm³/mol. The van der Waals surface area contributed by atoms with Gasteiger partial charge in [0.05, 0.1) is 4.90 Å². The van der Waals surface area contributed by atoms with E-state index in [1.54, 1.807) is 12.1 Å². The van der Waals surface area contributed by atoms with Crippen LogP contribution >= 0.6 is 0 Å². The van der Waals surface area contributed by atoms with Crippen LogP contribution in [0.15, 0.2) is 47.4 Å². The van der Waals surface area contributed by atoms with Crippen LogP contribution in [-0.4, -0.2) is 33.5 Å². The van der Waals surface area contributed by atoms with Gasteiger partial charge in [0.2, 0.25) is 0 Å². The molecule has 1 unspecified atom stereocenters. The van der Waals surface area contributed by atoms with Crippen molar-refractivity contribution in [1.82, 2.24) is 10.6 Å². The number of nitrogens with one attached hydrogen (secondary N) is 3. The molecule has 0 aromatic heterocycles. The van der Waals surface area contributed by atoms with Gasteiger partial charge < -0.3 is 10.6 Å². The molecule has 3 rings (SSSR count). The van der Waals surface area contributed by atoms with Crippen LogP contribution in [0, 0.1) is 12.7 Å². The molecule has 1 saturated heterocycles. The summed E-state index contributed by atoms with van der Waals surface area (Å²) in [5, 5.41) is 6.18. The molecule has 1 heterocycles. The fourth-order valence-corrected chi connectivity index (χ4v) is 4.08. The molecule has 1 fully saturated rings. The normalized spacial score (nSPS) is 16.9. The van der Waals surface area contributed by atoms with Crippen LogP contribution in [0.5, 0.6) is 0 Å². The van der Waals surface area contributed by atoms with Crippen molar-refractivity contribution in [2.75, 3.05) is 17.8 Å². The van der Waals surface area contributed by atoms with Gasteiger partial charge in [0, 0.05) is 23.8 Å². The highest BCUT2D eigenvalue weighted by molar-refractivity contribution is 7.92. The highest BCUT2D eigenvalue weighted by Gasteiger charge is 2.17. The van der Waals surface area contributed by atoms with E-state index in [0.29, 0.717) is 23.8 Å². The maximum Gasteiger partial charge on any atom is 0.261 e. The monoisotopic (exact) mass is 391 g/mol. The third kappa shape index (κ3) is 4.84. The van der Waals surface area contributed by atoms with Crippen molar-refractivity contribution in [2.45, 2.75) is 30.7 Å². The second-order valence-corrected chi connectivity index (χ2v) is 8.28. The summed E-state index contributed by atoms with van der Waals surface area (Å²) in [6.07, 6.45) is 2.16. The summed E-state index contributed by atoms with van der Waals surface area (Å²) < 4.78 is 40.6. The molecule has 1 amide bonds. The zero-order valence-electron chi connectivity index (χ0n) is 15.0. The standard InChI is InChI=1S/C19H22FN3O3S/c1-13-11-17(8-9-18(13)20)27(25,26)23-15-6-4-14(5-7-15)19(24)22-12-16-3-2-10-21-16/h4-9,11,16,21,23H,2-3,10,12H2,1H3,(H,22,24). The number of hydrogen-bond acceptors (Lipinski definition) is 4. The van der Waals surface area contributed by atoms with Crippen LogP contribution < -0.4 is 15.4 Å². The lowest BCUT2D eigenvalue weighted by molar-refractivity contribution is 0.0950. The number of carbonyl (C=O) groups excluding carboxylic acids is 1. The quantitative estimate of drug-likeness (QED) is 0.706. The zero-order valence-corrected chi connectivity index (χ0v) is 15.8. The fourth-order valence-electron chi connectivity index (χ4n) is 2.94. The first-order valence-electron chi connectivity index (χ1n) is 8.76. The van der Waals surface area contributed by atoms with Gasteiger partial charge in [0.1, 0.15) is 5.82 Å². The summed E-state index contributed by atoms with van der Waals surface area (Å²) in [4.78, 5) is 12.2. The van der Waals surface area contributed by atoms with Crippen LogP contribution in [0.4, 0.5) is 10.1 Å². The summed E-state index contributed by atoms with van der Waals surface area (Å²) in [7, 11) is -3.83. The average Bonchev–Trinajstić information content (AvgIpc) is 3.16. The molecule has 0 spiro atoms. The number of halogens is 1. The van der Waals surface area contributed by atoms with Crippen molar-refractivity contribution in [3.8, 4) is 0 Å². The average molecular weight is 391 g/mol. The van der Waals surface area contributed by atoms with E-state index in [1.807, 2.05) is 0 Å². The van der Waals surface area contributed by atoms with Gasteiger partial charge in [-0.2, -0.15) is 0 Å². The number of anilines is 1. The molecule has 6 nitrogen and oxygen atoms in total. The van der Waals surface area contributed by atoms with Gasteiger partial charge in [0.15, 0.2) is 0 Å². The number of amides is 1. The van der Waals surface area contributed by atoms with E-state index in [-0.39, 0.29) is 16.4 Å². The van der Waals surface area contributed by atoms with Gasteiger partial charge in [-0.15, -0.1) is 0 Å². The van der Waals surface area contributed by atoms with Crippen LogP contribution in [0.25, 0.3) is 0 Å². The van der Waals surface area contributed by atoms with Crippen molar-refractivity contribution in [3.05, 3.63) is 59.4 Å². The Balaban J connectivity index is 1.64.